The number of ketones is 1. The molecule has 1 unspecified atom stereocenters. The number of methoxy groups -OCH3 is 1. The van der Waals surface area contributed by atoms with Crippen LogP contribution in [0.15, 0.2) is 0 Å². The molecule has 1 atom stereocenters. The van der Waals surface area contributed by atoms with Gasteiger partial charge in [-0.1, -0.05) is 13.8 Å². The second-order valence-electron chi connectivity index (χ2n) is 4.95. The molecule has 0 radical (unpaired) electrons. The Morgan fingerprint density at radius 3 is 2.47 bits per heavy atom. The lowest BCUT2D eigenvalue weighted by Gasteiger charge is -2.19. The molecule has 112 valence electrons. The molecule has 1 N–H and O–H groups in total. The third kappa shape index (κ3) is 5.18. The lowest BCUT2D eigenvalue weighted by molar-refractivity contribution is -0.143. The maximum absolute atomic E-state index is 11.6. The molecule has 19 heavy (non-hydrogen) atoms. The van der Waals surface area contributed by atoms with Crippen LogP contribution in [0, 0.1) is 0 Å². The van der Waals surface area contributed by atoms with Gasteiger partial charge in [0.05, 0.1) is 25.8 Å². The van der Waals surface area contributed by atoms with E-state index in [9.17, 15) is 4.79 Å². The Hall–Kier alpha value is -0.490. The van der Waals surface area contributed by atoms with Crippen molar-refractivity contribution in [1.82, 2.24) is 5.32 Å². The van der Waals surface area contributed by atoms with Gasteiger partial charge >= 0.3 is 0 Å². The number of carbonyl (C=O) groups excluding carboxylic acids is 1. The van der Waals surface area contributed by atoms with E-state index in [0.29, 0.717) is 32.6 Å². The molecular formula is C14H27NO4. The fourth-order valence-corrected chi connectivity index (χ4v) is 2.30. The highest BCUT2D eigenvalue weighted by atomic mass is 16.7. The minimum atomic E-state index is -0.492. The average Bonchev–Trinajstić information content (AvgIpc) is 3.03. The normalized spacial score (nSPS) is 24.3. The van der Waals surface area contributed by atoms with Crippen LogP contribution >= 0.6 is 0 Å². The van der Waals surface area contributed by atoms with Crippen LogP contribution in [0.4, 0.5) is 0 Å². The van der Waals surface area contributed by atoms with Crippen LogP contribution in [0.3, 0.4) is 0 Å². The SMILES string of the molecule is CCCC(=O)C1CC2(CN1)OCCO2.CCCOC. The van der Waals surface area contributed by atoms with Crippen molar-refractivity contribution >= 4 is 5.78 Å². The van der Waals surface area contributed by atoms with Crippen molar-refractivity contribution in [3.63, 3.8) is 0 Å². The third-order valence-corrected chi connectivity index (χ3v) is 3.24. The molecule has 0 bridgehead atoms. The molecule has 2 rings (SSSR count). The van der Waals surface area contributed by atoms with Crippen LogP contribution in [0.2, 0.25) is 0 Å². The van der Waals surface area contributed by atoms with E-state index in [1.165, 1.54) is 0 Å². The molecule has 2 aliphatic heterocycles. The maximum atomic E-state index is 11.6. The van der Waals surface area contributed by atoms with Crippen molar-refractivity contribution in [2.45, 2.75) is 51.4 Å². The Kier molecular flexibility index (Phi) is 7.53. The monoisotopic (exact) mass is 273 g/mol. The minimum absolute atomic E-state index is 0.0620. The van der Waals surface area contributed by atoms with Gasteiger partial charge in [0, 0.05) is 26.6 Å². The van der Waals surface area contributed by atoms with E-state index in [1.54, 1.807) is 7.11 Å². The number of rotatable bonds is 5. The standard InChI is InChI=1S/C10H17NO3.C4H10O/c1-2-3-9(12)8-6-10(7-11-8)13-4-5-14-10;1-3-4-5-2/h8,11H,2-7H2,1H3;3-4H2,1-2H3. The summed E-state index contributed by atoms with van der Waals surface area (Å²) in [5, 5.41) is 3.17. The smallest absolute Gasteiger partial charge is 0.182 e. The first-order valence-electron chi connectivity index (χ1n) is 7.20. The van der Waals surface area contributed by atoms with Gasteiger partial charge < -0.3 is 19.5 Å². The van der Waals surface area contributed by atoms with Gasteiger partial charge in [0.25, 0.3) is 0 Å². The molecule has 0 aromatic heterocycles. The lowest BCUT2D eigenvalue weighted by Crippen LogP contribution is -2.32. The molecule has 2 aliphatic rings. The minimum Gasteiger partial charge on any atom is -0.385 e. The first-order chi connectivity index (χ1) is 9.17. The molecule has 1 spiro atoms. The van der Waals surface area contributed by atoms with Gasteiger partial charge in [0.2, 0.25) is 0 Å². The summed E-state index contributed by atoms with van der Waals surface area (Å²) in [6.45, 7) is 6.94. The van der Waals surface area contributed by atoms with E-state index in [0.717, 1.165) is 19.4 Å². The Morgan fingerprint density at radius 1 is 1.32 bits per heavy atom. The Morgan fingerprint density at radius 2 is 2.00 bits per heavy atom. The fourth-order valence-electron chi connectivity index (χ4n) is 2.30. The molecule has 0 aromatic rings. The summed E-state index contributed by atoms with van der Waals surface area (Å²) in [4.78, 5) is 11.6. The molecule has 5 heteroatoms. The summed E-state index contributed by atoms with van der Waals surface area (Å²) in [6.07, 6.45) is 3.35. The van der Waals surface area contributed by atoms with Crippen molar-refractivity contribution < 1.29 is 19.0 Å². The molecule has 2 fully saturated rings. The second kappa shape index (κ2) is 8.64. The summed E-state index contributed by atoms with van der Waals surface area (Å²) in [5.41, 5.74) is 0. The zero-order valence-corrected chi connectivity index (χ0v) is 12.4. The van der Waals surface area contributed by atoms with Crippen molar-refractivity contribution in [1.29, 1.82) is 0 Å². The summed E-state index contributed by atoms with van der Waals surface area (Å²) < 4.78 is 15.7. The summed E-state index contributed by atoms with van der Waals surface area (Å²) >= 11 is 0. The zero-order chi connectivity index (χ0) is 14.1. The van der Waals surface area contributed by atoms with Gasteiger partial charge in [-0.2, -0.15) is 0 Å². The predicted molar refractivity (Wildman–Crippen MR) is 73.1 cm³/mol. The van der Waals surface area contributed by atoms with Gasteiger partial charge in [-0.15, -0.1) is 0 Å². The molecule has 2 saturated heterocycles. The second-order valence-corrected chi connectivity index (χ2v) is 4.95. The van der Waals surface area contributed by atoms with Crippen LogP contribution in [0.1, 0.15) is 39.5 Å². The van der Waals surface area contributed by atoms with Crippen LogP contribution in [0.5, 0.6) is 0 Å². The zero-order valence-electron chi connectivity index (χ0n) is 12.4. The predicted octanol–water partition coefficient (Wildman–Crippen LogP) is 1.50. The Bertz CT molecular complexity index is 262. The summed E-state index contributed by atoms with van der Waals surface area (Å²) in [7, 11) is 1.71. The van der Waals surface area contributed by atoms with Gasteiger partial charge in [0.15, 0.2) is 5.79 Å². The lowest BCUT2D eigenvalue weighted by atomic mass is 10.0. The summed E-state index contributed by atoms with van der Waals surface area (Å²) in [5.74, 6) is -0.211. The van der Waals surface area contributed by atoms with Gasteiger partial charge in [0.1, 0.15) is 5.78 Å². The molecule has 0 aromatic carbocycles. The van der Waals surface area contributed by atoms with Crippen molar-refractivity contribution in [3.05, 3.63) is 0 Å². The molecule has 0 saturated carbocycles. The molecule has 2 heterocycles. The van der Waals surface area contributed by atoms with Crippen LogP contribution in [-0.2, 0) is 19.0 Å². The van der Waals surface area contributed by atoms with E-state index in [2.05, 4.69) is 12.2 Å². The Balaban J connectivity index is 0.000000312. The number of ether oxygens (including phenoxy) is 3. The molecular weight excluding hydrogens is 246 g/mol. The number of Topliss-reactive ketones (excluding diaryl/α,β-unsaturated/α-hetero) is 1. The van der Waals surface area contributed by atoms with Crippen LogP contribution < -0.4 is 5.32 Å². The van der Waals surface area contributed by atoms with Crippen molar-refractivity contribution in [2.24, 2.45) is 0 Å². The largest absolute Gasteiger partial charge is 0.385 e. The van der Waals surface area contributed by atoms with Gasteiger partial charge in [-0.25, -0.2) is 0 Å². The highest BCUT2D eigenvalue weighted by Crippen LogP contribution is 2.29. The first kappa shape index (κ1) is 16.6. The Labute approximate surface area is 116 Å². The molecule has 0 amide bonds. The number of hydrogen-bond donors (Lipinski definition) is 1. The highest BCUT2D eigenvalue weighted by Gasteiger charge is 2.45. The fraction of sp³-hybridized carbons (Fsp3) is 0.929. The van der Waals surface area contributed by atoms with Crippen molar-refractivity contribution in [2.75, 3.05) is 33.5 Å². The van der Waals surface area contributed by atoms with E-state index in [1.807, 2.05) is 6.92 Å². The topological polar surface area (TPSA) is 56.8 Å². The van der Waals surface area contributed by atoms with Crippen LogP contribution in [-0.4, -0.2) is 51.1 Å². The van der Waals surface area contributed by atoms with E-state index < -0.39 is 5.79 Å². The van der Waals surface area contributed by atoms with E-state index in [-0.39, 0.29) is 11.8 Å². The van der Waals surface area contributed by atoms with Crippen molar-refractivity contribution in [3.8, 4) is 0 Å². The van der Waals surface area contributed by atoms with Gasteiger partial charge in [-0.3, -0.25) is 4.79 Å². The first-order valence-corrected chi connectivity index (χ1v) is 7.20. The quantitative estimate of drug-likeness (QED) is 0.822. The maximum Gasteiger partial charge on any atom is 0.182 e. The highest BCUT2D eigenvalue weighted by molar-refractivity contribution is 5.84. The average molecular weight is 273 g/mol. The van der Waals surface area contributed by atoms with E-state index >= 15 is 0 Å². The number of carbonyl (C=O) groups is 1. The van der Waals surface area contributed by atoms with Crippen LogP contribution in [0.25, 0.3) is 0 Å². The summed E-state index contributed by atoms with van der Waals surface area (Å²) in [6, 6.07) is -0.0620. The van der Waals surface area contributed by atoms with E-state index in [4.69, 9.17) is 14.2 Å². The third-order valence-electron chi connectivity index (χ3n) is 3.24. The van der Waals surface area contributed by atoms with Gasteiger partial charge in [-0.05, 0) is 12.8 Å². The number of hydrogen-bond acceptors (Lipinski definition) is 5. The molecule has 5 nitrogen and oxygen atoms in total. The molecule has 0 aliphatic carbocycles. The number of nitrogens with one attached hydrogen (secondary N) is 1.